The number of ether oxygens (including phenoxy) is 2. The van der Waals surface area contributed by atoms with E-state index in [-0.39, 0.29) is 47.4 Å². The Labute approximate surface area is 254 Å². The molecule has 2 heterocycles. The van der Waals surface area contributed by atoms with Gasteiger partial charge in [-0.05, 0) is 47.8 Å². The number of carbonyl (C=O) groups is 2. The SMILES string of the molecule is O=C(OCc1cc(=O)oc2cc(O)ccc12)[C@H](CSSC[C@H](NCl)C(=O)OCc1cc(=O)oc2cc(O)ccc12)NCl. The topological polar surface area (TPSA) is 178 Å². The molecule has 0 saturated heterocycles. The van der Waals surface area contributed by atoms with Gasteiger partial charge in [0.15, 0.2) is 0 Å². The lowest BCUT2D eigenvalue weighted by atomic mass is 10.1. The van der Waals surface area contributed by atoms with E-state index in [4.69, 9.17) is 41.9 Å². The third-order valence-corrected chi connectivity index (χ3v) is 8.70. The van der Waals surface area contributed by atoms with Crippen molar-refractivity contribution < 1.29 is 38.1 Å². The summed E-state index contributed by atoms with van der Waals surface area (Å²) < 4.78 is 20.8. The first-order valence-electron chi connectivity index (χ1n) is 12.0. The van der Waals surface area contributed by atoms with Crippen molar-refractivity contribution in [1.29, 1.82) is 0 Å². The van der Waals surface area contributed by atoms with Crippen LogP contribution in [-0.4, -0.2) is 45.7 Å². The number of hydrogen-bond acceptors (Lipinski definition) is 14. The van der Waals surface area contributed by atoms with Crippen LogP contribution in [0.25, 0.3) is 21.9 Å². The largest absolute Gasteiger partial charge is 0.508 e. The highest BCUT2D eigenvalue weighted by Crippen LogP contribution is 2.26. The smallest absolute Gasteiger partial charge is 0.336 e. The van der Waals surface area contributed by atoms with Crippen LogP contribution in [0, 0.1) is 0 Å². The summed E-state index contributed by atoms with van der Waals surface area (Å²) in [4.78, 5) is 53.6. The molecule has 0 bridgehead atoms. The number of hydrogen-bond donors (Lipinski definition) is 4. The molecule has 12 nitrogen and oxygen atoms in total. The predicted octanol–water partition coefficient (Wildman–Crippen LogP) is 3.70. The molecular formula is C26H22Cl2N2O10S2. The molecule has 0 saturated carbocycles. The van der Waals surface area contributed by atoms with Crippen LogP contribution >= 0.6 is 45.1 Å². The molecule has 0 aliphatic rings. The molecule has 0 amide bonds. The monoisotopic (exact) mass is 656 g/mol. The Morgan fingerprint density at radius 2 is 1.14 bits per heavy atom. The summed E-state index contributed by atoms with van der Waals surface area (Å²) >= 11 is 11.5. The summed E-state index contributed by atoms with van der Waals surface area (Å²) in [5, 5.41) is 20.2. The Kier molecular flexibility index (Phi) is 11.0. The average molecular weight is 658 g/mol. The fourth-order valence-electron chi connectivity index (χ4n) is 3.70. The molecule has 0 fully saturated rings. The molecule has 2 atom stereocenters. The highest BCUT2D eigenvalue weighted by atomic mass is 35.5. The second kappa shape index (κ2) is 14.7. The van der Waals surface area contributed by atoms with Crippen molar-refractivity contribution in [1.82, 2.24) is 9.67 Å². The first-order chi connectivity index (χ1) is 20.2. The van der Waals surface area contributed by atoms with Crippen LogP contribution in [0.15, 0.2) is 67.0 Å². The number of benzene rings is 2. The lowest BCUT2D eigenvalue weighted by Crippen LogP contribution is -2.36. The molecule has 0 aliphatic heterocycles. The van der Waals surface area contributed by atoms with E-state index in [1.807, 2.05) is 0 Å². The number of phenols is 2. The van der Waals surface area contributed by atoms with Crippen LogP contribution in [0.1, 0.15) is 11.1 Å². The maximum absolute atomic E-state index is 12.6. The molecule has 4 N–H and O–H groups in total. The highest BCUT2D eigenvalue weighted by Gasteiger charge is 2.23. The van der Waals surface area contributed by atoms with Crippen molar-refractivity contribution in [3.05, 3.63) is 80.5 Å². The number of halogens is 2. The lowest BCUT2D eigenvalue weighted by Gasteiger charge is -2.16. The van der Waals surface area contributed by atoms with Crippen LogP contribution in [-0.2, 0) is 32.3 Å². The van der Waals surface area contributed by atoms with Crippen molar-refractivity contribution in [2.75, 3.05) is 11.5 Å². The predicted molar refractivity (Wildman–Crippen MR) is 158 cm³/mol. The third kappa shape index (κ3) is 8.12. The Morgan fingerprint density at radius 1 is 0.738 bits per heavy atom. The van der Waals surface area contributed by atoms with E-state index in [1.165, 1.54) is 70.1 Å². The van der Waals surface area contributed by atoms with Crippen molar-refractivity contribution in [3.8, 4) is 11.5 Å². The minimum Gasteiger partial charge on any atom is -0.508 e. The average Bonchev–Trinajstić information content (AvgIpc) is 2.95. The van der Waals surface area contributed by atoms with Gasteiger partial charge in [-0.3, -0.25) is 9.59 Å². The summed E-state index contributed by atoms with van der Waals surface area (Å²) in [6, 6.07) is 9.01. The minimum atomic E-state index is -0.925. The van der Waals surface area contributed by atoms with E-state index in [1.54, 1.807) is 0 Å². The van der Waals surface area contributed by atoms with Crippen molar-refractivity contribution in [3.63, 3.8) is 0 Å². The normalized spacial score (nSPS) is 12.7. The van der Waals surface area contributed by atoms with Gasteiger partial charge in [0, 0.05) is 57.7 Å². The van der Waals surface area contributed by atoms with Crippen molar-refractivity contribution >= 4 is 79.0 Å². The van der Waals surface area contributed by atoms with Gasteiger partial charge < -0.3 is 28.5 Å². The van der Waals surface area contributed by atoms with Gasteiger partial charge in [-0.1, -0.05) is 21.6 Å². The first-order valence-corrected chi connectivity index (χ1v) is 15.2. The van der Waals surface area contributed by atoms with Gasteiger partial charge >= 0.3 is 23.2 Å². The molecule has 4 rings (SSSR count). The second-order valence-corrected chi connectivity index (χ2v) is 11.6. The lowest BCUT2D eigenvalue weighted by molar-refractivity contribution is -0.147. The van der Waals surface area contributed by atoms with E-state index in [0.717, 1.165) is 0 Å². The van der Waals surface area contributed by atoms with Gasteiger partial charge in [-0.2, -0.15) is 0 Å². The van der Waals surface area contributed by atoms with E-state index in [0.29, 0.717) is 21.9 Å². The standard InChI is InChI=1S/C26H22Cl2N2O10S2/c27-29-19(25(35)37-9-13-5-23(33)39-21-7-15(31)1-3-17(13)21)11-41-42-12-20(30-28)26(36)38-10-14-6-24(34)40-22-8-16(32)2-4-18(14)22/h1-8,19-20,29-32H,9-12H2/t19-,20-/m0/s1. The van der Waals surface area contributed by atoms with Crippen molar-refractivity contribution in [2.45, 2.75) is 25.3 Å². The fraction of sp³-hybridized carbons (Fsp3) is 0.231. The summed E-state index contributed by atoms with van der Waals surface area (Å²) in [6.07, 6.45) is 0. The van der Waals surface area contributed by atoms with E-state index < -0.39 is 35.3 Å². The fourth-order valence-corrected chi connectivity index (χ4v) is 6.51. The molecule has 4 aromatic rings. The van der Waals surface area contributed by atoms with Crippen molar-refractivity contribution in [2.24, 2.45) is 0 Å². The maximum atomic E-state index is 12.6. The molecule has 42 heavy (non-hydrogen) atoms. The van der Waals surface area contributed by atoms with Crippen LogP contribution in [0.4, 0.5) is 0 Å². The van der Waals surface area contributed by atoms with Crippen LogP contribution in [0.5, 0.6) is 11.5 Å². The zero-order valence-electron chi connectivity index (χ0n) is 21.3. The Balaban J connectivity index is 1.26. The number of carbonyl (C=O) groups excluding carboxylic acids is 2. The van der Waals surface area contributed by atoms with E-state index in [9.17, 15) is 29.4 Å². The zero-order chi connectivity index (χ0) is 30.2. The summed E-state index contributed by atoms with van der Waals surface area (Å²) in [7, 11) is 2.43. The number of phenolic OH excluding ortho intramolecular Hbond substituents is 2. The molecule has 2 aromatic carbocycles. The molecule has 16 heteroatoms. The van der Waals surface area contributed by atoms with Gasteiger partial charge in [0.25, 0.3) is 0 Å². The van der Waals surface area contributed by atoms with E-state index in [2.05, 4.69) is 9.67 Å². The molecule has 0 unspecified atom stereocenters. The Bertz CT molecular complexity index is 1590. The van der Waals surface area contributed by atoms with E-state index >= 15 is 0 Å². The summed E-state index contributed by atoms with van der Waals surface area (Å²) in [5.41, 5.74) is -0.249. The zero-order valence-corrected chi connectivity index (χ0v) is 24.5. The molecular weight excluding hydrogens is 635 g/mol. The van der Waals surface area contributed by atoms with Gasteiger partial charge in [0.05, 0.1) is 0 Å². The molecule has 222 valence electrons. The maximum Gasteiger partial charge on any atom is 0.336 e. The molecule has 0 spiro atoms. The van der Waals surface area contributed by atoms with Gasteiger partial charge in [0.1, 0.15) is 48.0 Å². The molecule has 0 radical (unpaired) electrons. The number of esters is 2. The number of nitrogens with one attached hydrogen (secondary N) is 2. The first kappa shape index (κ1) is 31.5. The quantitative estimate of drug-likeness (QED) is 0.0538. The summed E-state index contributed by atoms with van der Waals surface area (Å²) in [6.45, 7) is -0.467. The highest BCUT2D eigenvalue weighted by molar-refractivity contribution is 8.76. The molecule has 0 aliphatic carbocycles. The third-order valence-electron chi connectivity index (χ3n) is 5.75. The minimum absolute atomic E-state index is 0.0820. The second-order valence-electron chi connectivity index (χ2n) is 8.65. The Morgan fingerprint density at radius 3 is 1.52 bits per heavy atom. The number of fused-ring (bicyclic) bond motifs is 2. The number of aromatic hydroxyl groups is 2. The Hall–Kier alpha value is -3.40. The van der Waals surface area contributed by atoms with Crippen LogP contribution < -0.4 is 20.9 Å². The van der Waals surface area contributed by atoms with Crippen LogP contribution in [0.3, 0.4) is 0 Å². The van der Waals surface area contributed by atoms with Gasteiger partial charge in [0.2, 0.25) is 0 Å². The summed E-state index contributed by atoms with van der Waals surface area (Å²) in [5.74, 6) is -1.22. The van der Waals surface area contributed by atoms with Gasteiger partial charge in [-0.15, -0.1) is 0 Å². The molecule has 2 aromatic heterocycles. The number of rotatable bonds is 13. The van der Waals surface area contributed by atoms with Gasteiger partial charge in [-0.25, -0.2) is 19.3 Å². The van der Waals surface area contributed by atoms with Crippen LogP contribution in [0.2, 0.25) is 0 Å².